The first-order valence-electron chi connectivity index (χ1n) is 5.62. The maximum Gasteiger partial charge on any atom is 0.374 e. The molecule has 19 heavy (non-hydrogen) atoms. The number of Topliss-reactive ketones (excluding diaryl/α,β-unsaturated/α-hetero) is 1. The van der Waals surface area contributed by atoms with Crippen molar-refractivity contribution >= 4 is 11.8 Å². The lowest BCUT2D eigenvalue weighted by Gasteiger charge is -2.12. The van der Waals surface area contributed by atoms with Gasteiger partial charge in [0.15, 0.2) is 23.4 Å². The van der Waals surface area contributed by atoms with E-state index in [4.69, 9.17) is 14.2 Å². The molecule has 1 N–H and O–H groups in total. The largest absolute Gasteiger partial charge is 0.501 e. The molecule has 2 aliphatic heterocycles. The predicted molar refractivity (Wildman–Crippen MR) is 61.7 cm³/mol. The third-order valence-electron chi connectivity index (χ3n) is 3.01. The summed E-state index contributed by atoms with van der Waals surface area (Å²) in [5, 5.41) is 9.58. The Hall–Kier alpha value is -2.50. The number of rotatable bonds is 2. The summed E-state index contributed by atoms with van der Waals surface area (Å²) < 4.78 is 15.4. The Labute approximate surface area is 108 Å². The van der Waals surface area contributed by atoms with Crippen LogP contribution in [0, 0.1) is 0 Å². The summed E-state index contributed by atoms with van der Waals surface area (Å²) in [5.74, 6) is -0.831. The molecule has 6 heteroatoms. The van der Waals surface area contributed by atoms with E-state index in [1.165, 1.54) is 6.92 Å². The number of aliphatic hydroxyl groups excluding tert-OH is 1. The van der Waals surface area contributed by atoms with Crippen LogP contribution in [0.15, 0.2) is 29.5 Å². The van der Waals surface area contributed by atoms with E-state index < -0.39 is 23.6 Å². The van der Waals surface area contributed by atoms with Crippen molar-refractivity contribution in [3.8, 4) is 11.5 Å². The van der Waals surface area contributed by atoms with Crippen LogP contribution in [0.4, 0.5) is 0 Å². The zero-order chi connectivity index (χ0) is 13.6. The number of aliphatic hydroxyl groups is 1. The van der Waals surface area contributed by atoms with Crippen molar-refractivity contribution in [3.05, 3.63) is 35.1 Å². The summed E-state index contributed by atoms with van der Waals surface area (Å²) in [4.78, 5) is 22.9. The number of benzene rings is 1. The Balaban J connectivity index is 2.03. The number of hydrogen-bond donors (Lipinski definition) is 1. The van der Waals surface area contributed by atoms with E-state index >= 15 is 0 Å². The van der Waals surface area contributed by atoms with Gasteiger partial charge in [0, 0.05) is 5.56 Å². The lowest BCUT2D eigenvalue weighted by atomic mass is 9.99. The molecule has 6 nitrogen and oxygen atoms in total. The zero-order valence-electron chi connectivity index (χ0n) is 10.0. The van der Waals surface area contributed by atoms with Gasteiger partial charge in [-0.1, -0.05) is 6.07 Å². The van der Waals surface area contributed by atoms with E-state index in [1.54, 1.807) is 18.2 Å². The number of ether oxygens (including phenoxy) is 3. The van der Waals surface area contributed by atoms with E-state index in [1.807, 2.05) is 0 Å². The van der Waals surface area contributed by atoms with Gasteiger partial charge >= 0.3 is 5.97 Å². The van der Waals surface area contributed by atoms with Crippen molar-refractivity contribution in [2.24, 2.45) is 0 Å². The molecule has 2 heterocycles. The molecular formula is C13H10O6. The monoisotopic (exact) mass is 262 g/mol. The first-order chi connectivity index (χ1) is 9.08. The number of carbonyl (C=O) groups excluding carboxylic acids is 2. The van der Waals surface area contributed by atoms with E-state index in [9.17, 15) is 14.7 Å². The number of fused-ring (bicyclic) bond motifs is 1. The number of esters is 1. The van der Waals surface area contributed by atoms with Crippen LogP contribution < -0.4 is 9.47 Å². The lowest BCUT2D eigenvalue weighted by Crippen LogP contribution is -2.08. The van der Waals surface area contributed by atoms with Gasteiger partial charge in [-0.15, -0.1) is 0 Å². The number of hydrogen-bond acceptors (Lipinski definition) is 6. The average molecular weight is 262 g/mol. The van der Waals surface area contributed by atoms with Gasteiger partial charge in [0.2, 0.25) is 12.6 Å². The third-order valence-corrected chi connectivity index (χ3v) is 3.01. The predicted octanol–water partition coefficient (Wildman–Crippen LogP) is 1.41. The summed E-state index contributed by atoms with van der Waals surface area (Å²) in [6.45, 7) is 1.40. The second-order valence-corrected chi connectivity index (χ2v) is 4.22. The fourth-order valence-electron chi connectivity index (χ4n) is 2.12. The highest BCUT2D eigenvalue weighted by Gasteiger charge is 2.38. The van der Waals surface area contributed by atoms with E-state index in [2.05, 4.69) is 0 Å². The quantitative estimate of drug-likeness (QED) is 0.811. The van der Waals surface area contributed by atoms with Gasteiger partial charge in [-0.2, -0.15) is 0 Å². The molecule has 0 bridgehead atoms. The maximum atomic E-state index is 11.5. The summed E-state index contributed by atoms with van der Waals surface area (Å²) in [6, 6.07) is 4.95. The fourth-order valence-corrected chi connectivity index (χ4v) is 2.12. The molecule has 98 valence electrons. The molecule has 0 amide bonds. The van der Waals surface area contributed by atoms with Crippen LogP contribution in [-0.2, 0) is 14.3 Å². The molecule has 1 aromatic carbocycles. The molecule has 1 aromatic rings. The van der Waals surface area contributed by atoms with Gasteiger partial charge in [-0.05, 0) is 19.1 Å². The van der Waals surface area contributed by atoms with Crippen LogP contribution in [0.1, 0.15) is 18.6 Å². The van der Waals surface area contributed by atoms with Crippen LogP contribution in [0.2, 0.25) is 0 Å². The smallest absolute Gasteiger partial charge is 0.374 e. The van der Waals surface area contributed by atoms with Crippen molar-refractivity contribution in [1.82, 2.24) is 0 Å². The zero-order valence-corrected chi connectivity index (χ0v) is 10.0. The minimum Gasteiger partial charge on any atom is -0.501 e. The molecule has 0 radical (unpaired) electrons. The summed E-state index contributed by atoms with van der Waals surface area (Å²) >= 11 is 0. The Morgan fingerprint density at radius 3 is 2.79 bits per heavy atom. The molecule has 0 unspecified atom stereocenters. The minimum atomic E-state index is -0.903. The molecule has 2 aliphatic rings. The second kappa shape index (κ2) is 4.01. The van der Waals surface area contributed by atoms with Crippen molar-refractivity contribution in [3.63, 3.8) is 0 Å². The lowest BCUT2D eigenvalue weighted by molar-refractivity contribution is -0.142. The van der Waals surface area contributed by atoms with Crippen LogP contribution in [0.25, 0.3) is 0 Å². The van der Waals surface area contributed by atoms with Gasteiger partial charge in [0.25, 0.3) is 0 Å². The highest BCUT2D eigenvalue weighted by atomic mass is 16.7. The van der Waals surface area contributed by atoms with Gasteiger partial charge < -0.3 is 19.3 Å². The Morgan fingerprint density at radius 1 is 1.32 bits per heavy atom. The molecule has 0 aromatic heterocycles. The van der Waals surface area contributed by atoms with E-state index in [-0.39, 0.29) is 12.4 Å². The Kier molecular flexibility index (Phi) is 2.45. The normalized spacial score (nSPS) is 20.7. The van der Waals surface area contributed by atoms with Crippen LogP contribution in [0.3, 0.4) is 0 Å². The molecule has 3 rings (SSSR count). The molecule has 0 spiro atoms. The SMILES string of the molecule is CC(=O)C1=C(O)C(=O)O[C@H]1c1ccc2c(c1)OCO2. The maximum absolute atomic E-state index is 11.5. The van der Waals surface area contributed by atoms with Crippen molar-refractivity contribution in [2.45, 2.75) is 13.0 Å². The highest BCUT2D eigenvalue weighted by Crippen LogP contribution is 2.40. The van der Waals surface area contributed by atoms with Crippen molar-refractivity contribution in [1.29, 1.82) is 0 Å². The van der Waals surface area contributed by atoms with Gasteiger partial charge in [0.1, 0.15) is 0 Å². The second-order valence-electron chi connectivity index (χ2n) is 4.22. The minimum absolute atomic E-state index is 0.0381. The molecule has 0 fully saturated rings. The van der Waals surface area contributed by atoms with Crippen LogP contribution in [-0.4, -0.2) is 23.7 Å². The average Bonchev–Trinajstić information content (AvgIpc) is 2.94. The molecular weight excluding hydrogens is 252 g/mol. The van der Waals surface area contributed by atoms with Crippen LogP contribution in [0.5, 0.6) is 11.5 Å². The first-order valence-corrected chi connectivity index (χ1v) is 5.62. The summed E-state index contributed by atoms with van der Waals surface area (Å²) in [5.41, 5.74) is 0.510. The van der Waals surface area contributed by atoms with Gasteiger partial charge in [-0.3, -0.25) is 4.79 Å². The summed E-state index contributed by atoms with van der Waals surface area (Å²) in [6.07, 6.45) is -0.903. The van der Waals surface area contributed by atoms with Crippen molar-refractivity contribution < 1.29 is 28.9 Å². The number of ketones is 1. The van der Waals surface area contributed by atoms with Gasteiger partial charge in [0.05, 0.1) is 5.57 Å². The first kappa shape index (κ1) is 11.6. The topological polar surface area (TPSA) is 82.1 Å². The highest BCUT2D eigenvalue weighted by molar-refractivity contribution is 6.05. The molecule has 0 saturated carbocycles. The van der Waals surface area contributed by atoms with Gasteiger partial charge in [-0.25, -0.2) is 4.79 Å². The van der Waals surface area contributed by atoms with E-state index in [0.29, 0.717) is 17.1 Å². The fraction of sp³-hybridized carbons (Fsp3) is 0.231. The Bertz CT molecular complexity index is 616. The van der Waals surface area contributed by atoms with Crippen molar-refractivity contribution in [2.75, 3.05) is 6.79 Å². The van der Waals surface area contributed by atoms with E-state index in [0.717, 1.165) is 0 Å². The standard InChI is InChI=1S/C13H10O6/c1-6(14)10-11(15)13(16)19-12(10)7-2-3-8-9(4-7)18-5-17-8/h2-4,12,15H,5H2,1H3/t12-/m0/s1. The number of carbonyl (C=O) groups is 2. The summed E-state index contributed by atoms with van der Waals surface area (Å²) in [7, 11) is 0. The molecule has 1 atom stereocenters. The Morgan fingerprint density at radius 2 is 2.05 bits per heavy atom. The molecule has 0 saturated heterocycles. The van der Waals surface area contributed by atoms with Crippen LogP contribution >= 0.6 is 0 Å². The third kappa shape index (κ3) is 1.72. The number of cyclic esters (lactones) is 1. The molecule has 0 aliphatic carbocycles.